The van der Waals surface area contributed by atoms with Crippen molar-refractivity contribution in [2.75, 3.05) is 0 Å². The summed E-state index contributed by atoms with van der Waals surface area (Å²) in [7, 11) is 0. The molecule has 1 amide bonds. The van der Waals surface area contributed by atoms with E-state index in [1.54, 1.807) is 0 Å². The summed E-state index contributed by atoms with van der Waals surface area (Å²) in [5.41, 5.74) is 6.25. The third kappa shape index (κ3) is 1.82. The molecule has 0 bridgehead atoms. The molecule has 0 unspecified atom stereocenters. The molecule has 0 radical (unpaired) electrons. The standard InChI is InChI=1S/C11H15N3OS/c1-3-4-5-14-11-8(7(2)13-14)6-9(16-11)10(12)15/h6H,3-5H2,1-2H3,(H2,12,15). The van der Waals surface area contributed by atoms with Gasteiger partial charge in [-0.2, -0.15) is 5.10 Å². The van der Waals surface area contributed by atoms with Gasteiger partial charge in [-0.1, -0.05) is 13.3 Å². The normalized spacial score (nSPS) is 11.1. The van der Waals surface area contributed by atoms with Crippen LogP contribution in [0.15, 0.2) is 6.07 Å². The third-order valence-electron chi connectivity index (χ3n) is 2.57. The minimum Gasteiger partial charge on any atom is -0.365 e. The van der Waals surface area contributed by atoms with E-state index in [-0.39, 0.29) is 5.91 Å². The SMILES string of the molecule is CCCCn1nc(C)c2cc(C(N)=O)sc21. The summed E-state index contributed by atoms with van der Waals surface area (Å²) in [6.45, 7) is 5.01. The van der Waals surface area contributed by atoms with Gasteiger partial charge in [-0.3, -0.25) is 9.48 Å². The highest BCUT2D eigenvalue weighted by Crippen LogP contribution is 2.28. The number of nitrogens with zero attached hydrogens (tertiary/aromatic N) is 2. The first kappa shape index (κ1) is 11.1. The molecule has 5 heteroatoms. The van der Waals surface area contributed by atoms with Crippen molar-refractivity contribution in [2.45, 2.75) is 33.2 Å². The number of hydrogen-bond donors (Lipinski definition) is 1. The number of amides is 1. The molecule has 4 nitrogen and oxygen atoms in total. The average molecular weight is 237 g/mol. The molecule has 0 saturated carbocycles. The Labute approximate surface area is 98.1 Å². The number of nitrogens with two attached hydrogens (primary N) is 1. The van der Waals surface area contributed by atoms with Crippen LogP contribution in [0.3, 0.4) is 0 Å². The molecule has 16 heavy (non-hydrogen) atoms. The smallest absolute Gasteiger partial charge is 0.258 e. The van der Waals surface area contributed by atoms with Crippen LogP contribution in [0.5, 0.6) is 0 Å². The quantitative estimate of drug-likeness (QED) is 0.887. The third-order valence-corrected chi connectivity index (χ3v) is 3.74. The van der Waals surface area contributed by atoms with Gasteiger partial charge in [0.2, 0.25) is 0 Å². The highest BCUT2D eigenvalue weighted by Gasteiger charge is 2.13. The molecule has 2 heterocycles. The van der Waals surface area contributed by atoms with Crippen molar-refractivity contribution in [1.29, 1.82) is 0 Å². The van der Waals surface area contributed by atoms with Gasteiger partial charge in [0, 0.05) is 11.9 Å². The van der Waals surface area contributed by atoms with E-state index in [1.807, 2.05) is 17.7 Å². The number of primary amides is 1. The second-order valence-electron chi connectivity index (χ2n) is 3.86. The highest BCUT2D eigenvalue weighted by molar-refractivity contribution is 7.20. The summed E-state index contributed by atoms with van der Waals surface area (Å²) in [4.78, 5) is 12.8. The van der Waals surface area contributed by atoms with E-state index in [4.69, 9.17) is 5.73 Å². The van der Waals surface area contributed by atoms with Gasteiger partial charge in [0.15, 0.2) is 0 Å². The van der Waals surface area contributed by atoms with Crippen LogP contribution in [0.25, 0.3) is 10.2 Å². The van der Waals surface area contributed by atoms with Crippen LogP contribution >= 0.6 is 11.3 Å². The van der Waals surface area contributed by atoms with Crippen LogP contribution in [-0.2, 0) is 6.54 Å². The number of thiophene rings is 1. The Hall–Kier alpha value is -1.36. The van der Waals surface area contributed by atoms with E-state index in [9.17, 15) is 4.79 Å². The first-order valence-electron chi connectivity index (χ1n) is 5.40. The largest absolute Gasteiger partial charge is 0.365 e. The van der Waals surface area contributed by atoms with Gasteiger partial charge in [0.1, 0.15) is 4.83 Å². The number of fused-ring (bicyclic) bond motifs is 1. The molecule has 0 aliphatic carbocycles. The second kappa shape index (κ2) is 4.25. The van der Waals surface area contributed by atoms with Crippen molar-refractivity contribution in [3.63, 3.8) is 0 Å². The molecule has 2 aromatic rings. The van der Waals surface area contributed by atoms with Crippen molar-refractivity contribution in [3.8, 4) is 0 Å². The molecular weight excluding hydrogens is 222 g/mol. The molecule has 0 atom stereocenters. The van der Waals surface area contributed by atoms with E-state index in [0.717, 1.165) is 35.3 Å². The van der Waals surface area contributed by atoms with Crippen LogP contribution in [0, 0.1) is 6.92 Å². The maximum Gasteiger partial charge on any atom is 0.258 e. The summed E-state index contributed by atoms with van der Waals surface area (Å²) in [5.74, 6) is -0.359. The van der Waals surface area contributed by atoms with Crippen LogP contribution < -0.4 is 5.73 Å². The Morgan fingerprint density at radius 2 is 2.38 bits per heavy atom. The lowest BCUT2D eigenvalue weighted by molar-refractivity contribution is 0.100. The van der Waals surface area contributed by atoms with Crippen molar-refractivity contribution >= 4 is 27.5 Å². The summed E-state index contributed by atoms with van der Waals surface area (Å²) < 4.78 is 1.98. The van der Waals surface area contributed by atoms with E-state index in [2.05, 4.69) is 12.0 Å². The molecule has 0 fully saturated rings. The van der Waals surface area contributed by atoms with Crippen molar-refractivity contribution in [3.05, 3.63) is 16.6 Å². The topological polar surface area (TPSA) is 60.9 Å². The number of rotatable bonds is 4. The number of aromatic nitrogens is 2. The summed E-state index contributed by atoms with van der Waals surface area (Å²) in [6, 6.07) is 1.84. The zero-order chi connectivity index (χ0) is 11.7. The van der Waals surface area contributed by atoms with Gasteiger partial charge in [0.25, 0.3) is 5.91 Å². The lowest BCUT2D eigenvalue weighted by atomic mass is 10.3. The monoisotopic (exact) mass is 237 g/mol. The van der Waals surface area contributed by atoms with Crippen molar-refractivity contribution in [1.82, 2.24) is 9.78 Å². The van der Waals surface area contributed by atoms with Crippen LogP contribution in [0.2, 0.25) is 0 Å². The van der Waals surface area contributed by atoms with Crippen LogP contribution in [-0.4, -0.2) is 15.7 Å². The maximum absolute atomic E-state index is 11.1. The molecule has 2 aromatic heterocycles. The lowest BCUT2D eigenvalue weighted by Gasteiger charge is -1.99. The predicted octanol–water partition coefficient (Wildman–Crippen LogP) is 2.31. The van der Waals surface area contributed by atoms with Gasteiger partial charge >= 0.3 is 0 Å². The number of hydrogen-bond acceptors (Lipinski definition) is 3. The Balaban J connectivity index is 2.46. The molecule has 0 saturated heterocycles. The molecule has 0 aliphatic rings. The summed E-state index contributed by atoms with van der Waals surface area (Å²) in [5, 5.41) is 5.51. The zero-order valence-corrected chi connectivity index (χ0v) is 10.3. The zero-order valence-electron chi connectivity index (χ0n) is 9.49. The lowest BCUT2D eigenvalue weighted by Crippen LogP contribution is -2.08. The van der Waals surface area contributed by atoms with Gasteiger partial charge < -0.3 is 5.73 Å². The molecular formula is C11H15N3OS. The summed E-state index contributed by atoms with van der Waals surface area (Å²) in [6.07, 6.45) is 2.23. The molecule has 0 aromatic carbocycles. The van der Waals surface area contributed by atoms with E-state index in [0.29, 0.717) is 4.88 Å². The Morgan fingerprint density at radius 3 is 3.00 bits per heavy atom. The first-order valence-corrected chi connectivity index (χ1v) is 6.22. The van der Waals surface area contributed by atoms with Gasteiger partial charge in [-0.05, 0) is 19.4 Å². The van der Waals surface area contributed by atoms with Gasteiger partial charge in [0.05, 0.1) is 10.6 Å². The highest BCUT2D eigenvalue weighted by atomic mass is 32.1. The Bertz CT molecular complexity index is 527. The number of carbonyl (C=O) groups is 1. The van der Waals surface area contributed by atoms with Gasteiger partial charge in [-0.15, -0.1) is 11.3 Å². The fraction of sp³-hybridized carbons (Fsp3) is 0.455. The van der Waals surface area contributed by atoms with E-state index < -0.39 is 0 Å². The fourth-order valence-electron chi connectivity index (χ4n) is 1.69. The number of aryl methyl sites for hydroxylation is 2. The van der Waals surface area contributed by atoms with Crippen LogP contribution in [0.1, 0.15) is 35.1 Å². The molecule has 2 N–H and O–H groups in total. The van der Waals surface area contributed by atoms with Crippen molar-refractivity contribution < 1.29 is 4.79 Å². The minimum absolute atomic E-state index is 0.359. The minimum atomic E-state index is -0.359. The van der Waals surface area contributed by atoms with Crippen LogP contribution in [0.4, 0.5) is 0 Å². The Morgan fingerprint density at radius 1 is 1.62 bits per heavy atom. The second-order valence-corrected chi connectivity index (χ2v) is 4.89. The van der Waals surface area contributed by atoms with Gasteiger partial charge in [-0.25, -0.2) is 0 Å². The number of carbonyl (C=O) groups excluding carboxylic acids is 1. The maximum atomic E-state index is 11.1. The molecule has 0 aliphatic heterocycles. The van der Waals surface area contributed by atoms with Crippen molar-refractivity contribution in [2.24, 2.45) is 5.73 Å². The number of unbranched alkanes of at least 4 members (excludes halogenated alkanes) is 1. The fourth-order valence-corrected chi connectivity index (χ4v) is 2.73. The predicted molar refractivity (Wildman–Crippen MR) is 65.8 cm³/mol. The first-order chi connectivity index (χ1) is 7.63. The summed E-state index contributed by atoms with van der Waals surface area (Å²) >= 11 is 1.43. The average Bonchev–Trinajstić information content (AvgIpc) is 2.77. The molecule has 0 spiro atoms. The van der Waals surface area contributed by atoms with E-state index in [1.165, 1.54) is 11.3 Å². The molecule has 2 rings (SSSR count). The Kier molecular flexibility index (Phi) is 2.96. The van der Waals surface area contributed by atoms with E-state index >= 15 is 0 Å². The molecule has 86 valence electrons.